The lowest BCUT2D eigenvalue weighted by Gasteiger charge is -2.28. The standard InChI is InChI=1S/C8H11NO6/c1-15-8(4-10,7(13)14)9-5(11)2-3-6(9)12/h2-3,10-12H,4H2,1H3,(H,13,14)/t8-/m1/s1. The molecular formula is C8H11NO6. The maximum atomic E-state index is 11.0. The number of carbonyl (C=O) groups is 1. The molecule has 1 aromatic rings. The van der Waals surface area contributed by atoms with Gasteiger partial charge in [0, 0.05) is 19.2 Å². The van der Waals surface area contributed by atoms with Gasteiger partial charge in [-0.1, -0.05) is 0 Å². The third-order valence-corrected chi connectivity index (χ3v) is 2.09. The maximum absolute atomic E-state index is 11.0. The fraction of sp³-hybridized carbons (Fsp3) is 0.375. The summed E-state index contributed by atoms with van der Waals surface area (Å²) in [5.74, 6) is -2.58. The summed E-state index contributed by atoms with van der Waals surface area (Å²) >= 11 is 0. The van der Waals surface area contributed by atoms with Gasteiger partial charge < -0.3 is 25.2 Å². The van der Waals surface area contributed by atoms with Crippen LogP contribution in [-0.4, -0.2) is 44.7 Å². The van der Waals surface area contributed by atoms with Crippen LogP contribution in [-0.2, 0) is 15.3 Å². The molecule has 4 N–H and O–H groups in total. The molecule has 1 aromatic heterocycles. The highest BCUT2D eigenvalue weighted by Gasteiger charge is 2.43. The summed E-state index contributed by atoms with van der Waals surface area (Å²) in [5, 5.41) is 36.6. The van der Waals surface area contributed by atoms with E-state index in [1.54, 1.807) is 0 Å². The van der Waals surface area contributed by atoms with Crippen LogP contribution in [0.4, 0.5) is 0 Å². The Morgan fingerprint density at radius 1 is 1.47 bits per heavy atom. The molecule has 84 valence electrons. The van der Waals surface area contributed by atoms with Gasteiger partial charge in [-0.15, -0.1) is 0 Å². The second-order valence-electron chi connectivity index (χ2n) is 2.84. The van der Waals surface area contributed by atoms with Gasteiger partial charge in [-0.25, -0.2) is 9.36 Å². The van der Waals surface area contributed by atoms with Crippen molar-refractivity contribution in [2.45, 2.75) is 5.72 Å². The predicted molar refractivity (Wildman–Crippen MR) is 47.5 cm³/mol. The molecule has 0 fully saturated rings. The van der Waals surface area contributed by atoms with Crippen molar-refractivity contribution in [1.82, 2.24) is 4.57 Å². The van der Waals surface area contributed by atoms with Crippen LogP contribution < -0.4 is 0 Å². The minimum atomic E-state index is -2.22. The lowest BCUT2D eigenvalue weighted by molar-refractivity contribution is -0.186. The lowest BCUT2D eigenvalue weighted by atomic mass is 10.2. The van der Waals surface area contributed by atoms with Crippen molar-refractivity contribution in [1.29, 1.82) is 0 Å². The first-order chi connectivity index (χ1) is 6.99. The van der Waals surface area contributed by atoms with E-state index in [-0.39, 0.29) is 0 Å². The first kappa shape index (κ1) is 11.3. The average Bonchev–Trinajstić information content (AvgIpc) is 2.52. The Balaban J connectivity index is 3.38. The molecule has 0 amide bonds. The fourth-order valence-electron chi connectivity index (χ4n) is 1.26. The molecule has 0 aromatic carbocycles. The molecule has 15 heavy (non-hydrogen) atoms. The van der Waals surface area contributed by atoms with Crippen molar-refractivity contribution in [2.75, 3.05) is 13.7 Å². The van der Waals surface area contributed by atoms with Gasteiger partial charge in [0.2, 0.25) is 0 Å². The lowest BCUT2D eigenvalue weighted by Crippen LogP contribution is -2.46. The number of aromatic hydroxyl groups is 2. The first-order valence-corrected chi connectivity index (χ1v) is 3.99. The minimum absolute atomic E-state index is 0.522. The number of carboxylic acid groups (broad SMARTS) is 1. The molecule has 0 unspecified atom stereocenters. The van der Waals surface area contributed by atoms with Crippen LogP contribution in [0.15, 0.2) is 12.1 Å². The minimum Gasteiger partial charge on any atom is -0.494 e. The van der Waals surface area contributed by atoms with Crippen LogP contribution in [0.25, 0.3) is 0 Å². The maximum Gasteiger partial charge on any atom is 0.360 e. The van der Waals surface area contributed by atoms with Gasteiger partial charge in [-0.3, -0.25) is 0 Å². The number of aliphatic hydroxyl groups excluding tert-OH is 1. The number of ether oxygens (including phenoxy) is 1. The summed E-state index contributed by atoms with van der Waals surface area (Å²) in [6.07, 6.45) is 0. The summed E-state index contributed by atoms with van der Waals surface area (Å²) in [5.41, 5.74) is -2.22. The molecule has 1 heterocycles. The number of rotatable bonds is 4. The molecule has 0 aliphatic rings. The van der Waals surface area contributed by atoms with Crippen LogP contribution in [0.1, 0.15) is 0 Å². The van der Waals surface area contributed by atoms with Crippen LogP contribution >= 0.6 is 0 Å². The Labute approximate surface area is 84.8 Å². The number of aromatic nitrogens is 1. The highest BCUT2D eigenvalue weighted by Crippen LogP contribution is 2.31. The van der Waals surface area contributed by atoms with Crippen molar-refractivity contribution in [3.63, 3.8) is 0 Å². The van der Waals surface area contributed by atoms with E-state index in [4.69, 9.17) is 10.2 Å². The largest absolute Gasteiger partial charge is 0.494 e. The van der Waals surface area contributed by atoms with E-state index in [9.17, 15) is 15.0 Å². The molecule has 7 nitrogen and oxygen atoms in total. The zero-order chi connectivity index (χ0) is 11.6. The number of nitrogens with zero attached hydrogens (tertiary/aromatic N) is 1. The van der Waals surface area contributed by atoms with E-state index in [0.29, 0.717) is 4.57 Å². The number of hydrogen-bond acceptors (Lipinski definition) is 5. The fourth-order valence-corrected chi connectivity index (χ4v) is 1.26. The van der Waals surface area contributed by atoms with E-state index in [1.165, 1.54) is 0 Å². The zero-order valence-electron chi connectivity index (χ0n) is 7.91. The van der Waals surface area contributed by atoms with Crippen molar-refractivity contribution in [3.05, 3.63) is 12.1 Å². The van der Waals surface area contributed by atoms with Crippen molar-refractivity contribution in [2.24, 2.45) is 0 Å². The molecule has 0 spiro atoms. The molecule has 1 atom stereocenters. The number of methoxy groups -OCH3 is 1. The van der Waals surface area contributed by atoms with Gasteiger partial charge in [0.05, 0.1) is 0 Å². The topological polar surface area (TPSA) is 112 Å². The van der Waals surface area contributed by atoms with E-state index < -0.39 is 30.1 Å². The van der Waals surface area contributed by atoms with Gasteiger partial charge in [0.15, 0.2) is 11.8 Å². The number of aliphatic carboxylic acids is 1. The Kier molecular flexibility index (Phi) is 2.87. The van der Waals surface area contributed by atoms with Crippen molar-refractivity contribution < 1.29 is 30.0 Å². The van der Waals surface area contributed by atoms with E-state index in [0.717, 1.165) is 19.2 Å². The molecule has 1 rings (SSSR count). The molecule has 0 radical (unpaired) electrons. The highest BCUT2D eigenvalue weighted by atomic mass is 16.5. The van der Waals surface area contributed by atoms with Crippen molar-refractivity contribution in [3.8, 4) is 11.8 Å². The van der Waals surface area contributed by atoms with E-state index >= 15 is 0 Å². The third-order valence-electron chi connectivity index (χ3n) is 2.09. The first-order valence-electron chi connectivity index (χ1n) is 3.99. The predicted octanol–water partition coefficient (Wildman–Crippen LogP) is -0.725. The summed E-state index contributed by atoms with van der Waals surface area (Å²) in [6, 6.07) is 2.17. The van der Waals surface area contributed by atoms with Crippen LogP contribution in [0, 0.1) is 0 Å². The Morgan fingerprint density at radius 3 is 2.20 bits per heavy atom. The van der Waals surface area contributed by atoms with Gasteiger partial charge in [-0.05, 0) is 0 Å². The number of aliphatic hydroxyl groups is 1. The molecule has 0 aliphatic heterocycles. The van der Waals surface area contributed by atoms with E-state index in [1.807, 2.05) is 0 Å². The SMILES string of the molecule is CO[C@](CO)(C(=O)O)n1c(O)ccc1O. The average molecular weight is 217 g/mol. The monoisotopic (exact) mass is 217 g/mol. The Bertz CT molecular complexity index is 348. The zero-order valence-corrected chi connectivity index (χ0v) is 7.91. The van der Waals surface area contributed by atoms with Gasteiger partial charge >= 0.3 is 5.97 Å². The summed E-state index contributed by atoms with van der Waals surface area (Å²) < 4.78 is 5.23. The molecule has 0 bridgehead atoms. The quantitative estimate of drug-likeness (QED) is 0.529. The van der Waals surface area contributed by atoms with Crippen LogP contribution in [0.3, 0.4) is 0 Å². The molecule has 0 saturated carbocycles. The molecule has 0 saturated heterocycles. The van der Waals surface area contributed by atoms with E-state index in [2.05, 4.69) is 4.74 Å². The smallest absolute Gasteiger partial charge is 0.360 e. The van der Waals surface area contributed by atoms with Gasteiger partial charge in [-0.2, -0.15) is 0 Å². The van der Waals surface area contributed by atoms with Crippen molar-refractivity contribution >= 4 is 5.97 Å². The summed E-state index contributed by atoms with van der Waals surface area (Å²) in [7, 11) is 1.04. The Hall–Kier alpha value is -1.73. The molecule has 0 aliphatic carbocycles. The van der Waals surface area contributed by atoms with Gasteiger partial charge in [0.25, 0.3) is 5.72 Å². The second kappa shape index (κ2) is 3.79. The molecule has 7 heteroatoms. The van der Waals surface area contributed by atoms with Gasteiger partial charge in [0.1, 0.15) is 6.61 Å². The summed E-state index contributed by atoms with van der Waals surface area (Å²) in [6.45, 7) is -0.936. The van der Waals surface area contributed by atoms with Crippen LogP contribution in [0.2, 0.25) is 0 Å². The number of carboxylic acids is 1. The highest BCUT2D eigenvalue weighted by molar-refractivity contribution is 5.76. The second-order valence-corrected chi connectivity index (χ2v) is 2.84. The third kappa shape index (κ3) is 1.51. The molecular weight excluding hydrogens is 206 g/mol. The normalized spacial score (nSPS) is 14.8. The van der Waals surface area contributed by atoms with Crippen LogP contribution in [0.5, 0.6) is 11.8 Å². The number of hydrogen-bond donors (Lipinski definition) is 4. The summed E-state index contributed by atoms with van der Waals surface area (Å²) in [4.78, 5) is 11.0. The Morgan fingerprint density at radius 2 is 1.93 bits per heavy atom.